The van der Waals surface area contributed by atoms with Gasteiger partial charge in [0.2, 0.25) is 5.91 Å². The van der Waals surface area contributed by atoms with E-state index in [9.17, 15) is 14.4 Å². The number of carbonyl (C=O) groups excluding carboxylic acids is 3. The number of alkyl carbamates (subject to hydrolysis) is 1. The Kier molecular flexibility index (Phi) is 11.2. The van der Waals surface area contributed by atoms with E-state index in [0.717, 1.165) is 11.1 Å². The second kappa shape index (κ2) is 13.7. The van der Waals surface area contributed by atoms with Crippen LogP contribution in [-0.2, 0) is 14.3 Å². The number of amides is 3. The van der Waals surface area contributed by atoms with Crippen molar-refractivity contribution in [2.75, 3.05) is 17.3 Å². The molecule has 2 aromatic rings. The SMILES string of the molecule is C=Cc1cccc(C(C(=O)Nc2ccccc2C)N(C(=O)C(CCSC)NC(=O)OC(C)(C)C)C(C)(C)C)c1. The molecule has 0 aliphatic heterocycles. The van der Waals surface area contributed by atoms with Crippen LogP contribution in [0.3, 0.4) is 0 Å². The van der Waals surface area contributed by atoms with E-state index in [0.29, 0.717) is 23.4 Å². The lowest BCUT2D eigenvalue weighted by atomic mass is 9.94. The minimum absolute atomic E-state index is 0.352. The van der Waals surface area contributed by atoms with Crippen molar-refractivity contribution in [2.24, 2.45) is 0 Å². The summed E-state index contributed by atoms with van der Waals surface area (Å²) in [5.41, 5.74) is 1.54. The summed E-state index contributed by atoms with van der Waals surface area (Å²) < 4.78 is 5.46. The summed E-state index contributed by atoms with van der Waals surface area (Å²) in [5, 5.41) is 5.81. The molecule has 0 bridgehead atoms. The lowest BCUT2D eigenvalue weighted by molar-refractivity contribution is -0.146. The molecule has 2 rings (SSSR count). The van der Waals surface area contributed by atoms with Gasteiger partial charge in [-0.3, -0.25) is 9.59 Å². The second-order valence-corrected chi connectivity index (χ2v) is 12.4. The van der Waals surface area contributed by atoms with Crippen LogP contribution in [0.15, 0.2) is 55.1 Å². The Labute approximate surface area is 237 Å². The number of carbonyl (C=O) groups is 3. The largest absolute Gasteiger partial charge is 0.444 e. The molecule has 2 atom stereocenters. The summed E-state index contributed by atoms with van der Waals surface area (Å²) in [4.78, 5) is 42.7. The Balaban J connectivity index is 2.62. The van der Waals surface area contributed by atoms with Crippen molar-refractivity contribution in [3.05, 3.63) is 71.8 Å². The lowest BCUT2D eigenvalue weighted by Crippen LogP contribution is -2.58. The minimum atomic E-state index is -0.978. The van der Waals surface area contributed by atoms with Crippen LogP contribution < -0.4 is 10.6 Å². The standard InChI is InChI=1S/C31H43N3O4S/c1-10-22-15-13-16-23(20-22)26(27(35)32-24-17-12-11-14-21(24)2)34(30(3,4)5)28(36)25(18-19-39-9)33-29(37)38-31(6,7)8/h10-17,20,25-26H,1,18-19H2,2-9H3,(H,32,35)(H,33,37). The van der Waals surface area contributed by atoms with Gasteiger partial charge in [-0.05, 0) is 95.7 Å². The van der Waals surface area contributed by atoms with Crippen LogP contribution in [0.25, 0.3) is 6.08 Å². The number of para-hydroxylation sites is 1. The van der Waals surface area contributed by atoms with E-state index in [-0.39, 0.29) is 11.8 Å². The normalized spacial score (nSPS) is 13.1. The Hall–Kier alpha value is -3.26. The number of aryl methyl sites for hydroxylation is 1. The summed E-state index contributed by atoms with van der Waals surface area (Å²) in [6.45, 7) is 16.7. The van der Waals surface area contributed by atoms with Crippen molar-refractivity contribution in [2.45, 2.75) is 78.1 Å². The topological polar surface area (TPSA) is 87.7 Å². The maximum Gasteiger partial charge on any atom is 0.408 e. The van der Waals surface area contributed by atoms with Crippen molar-refractivity contribution in [3.63, 3.8) is 0 Å². The maximum absolute atomic E-state index is 14.3. The number of rotatable bonds is 10. The summed E-state index contributed by atoms with van der Waals surface area (Å²) in [6, 6.07) is 13.1. The smallest absolute Gasteiger partial charge is 0.408 e. The van der Waals surface area contributed by atoms with E-state index in [1.807, 2.05) is 82.5 Å². The Bertz CT molecular complexity index is 1170. The molecule has 0 radical (unpaired) electrons. The predicted molar refractivity (Wildman–Crippen MR) is 162 cm³/mol. The molecule has 2 unspecified atom stereocenters. The molecule has 0 fully saturated rings. The third-order valence-corrected chi connectivity index (χ3v) is 6.58. The Morgan fingerprint density at radius 1 is 1.05 bits per heavy atom. The molecule has 0 aliphatic rings. The number of hydrogen-bond donors (Lipinski definition) is 2. The van der Waals surface area contributed by atoms with Crippen LogP contribution in [0, 0.1) is 6.92 Å². The van der Waals surface area contributed by atoms with Gasteiger partial charge in [-0.25, -0.2) is 4.79 Å². The molecule has 0 aromatic heterocycles. The molecular weight excluding hydrogens is 510 g/mol. The highest BCUT2D eigenvalue weighted by atomic mass is 32.2. The van der Waals surface area contributed by atoms with Gasteiger partial charge in [-0.15, -0.1) is 0 Å². The summed E-state index contributed by atoms with van der Waals surface area (Å²) >= 11 is 1.57. The van der Waals surface area contributed by atoms with Gasteiger partial charge in [0.1, 0.15) is 17.7 Å². The van der Waals surface area contributed by atoms with E-state index in [4.69, 9.17) is 4.74 Å². The van der Waals surface area contributed by atoms with Crippen molar-refractivity contribution in [3.8, 4) is 0 Å². The van der Waals surface area contributed by atoms with Gasteiger partial charge in [0.15, 0.2) is 0 Å². The Morgan fingerprint density at radius 3 is 2.28 bits per heavy atom. The van der Waals surface area contributed by atoms with Crippen LogP contribution in [0.4, 0.5) is 10.5 Å². The molecule has 39 heavy (non-hydrogen) atoms. The first-order chi connectivity index (χ1) is 18.2. The van der Waals surface area contributed by atoms with Crippen LogP contribution >= 0.6 is 11.8 Å². The predicted octanol–water partition coefficient (Wildman–Crippen LogP) is 6.59. The fraction of sp³-hybridized carbons (Fsp3) is 0.452. The minimum Gasteiger partial charge on any atom is -0.444 e. The van der Waals surface area contributed by atoms with Crippen LogP contribution in [0.1, 0.15) is 70.7 Å². The van der Waals surface area contributed by atoms with E-state index in [1.54, 1.807) is 43.5 Å². The molecule has 3 amide bonds. The fourth-order valence-electron chi connectivity index (χ4n) is 4.14. The fourth-order valence-corrected chi connectivity index (χ4v) is 4.62. The average Bonchev–Trinajstić information content (AvgIpc) is 2.84. The molecule has 0 saturated carbocycles. The van der Waals surface area contributed by atoms with Crippen LogP contribution in [-0.4, -0.2) is 52.0 Å². The van der Waals surface area contributed by atoms with Gasteiger partial charge in [0.25, 0.3) is 5.91 Å². The van der Waals surface area contributed by atoms with E-state index >= 15 is 0 Å². The monoisotopic (exact) mass is 553 g/mol. The zero-order chi connectivity index (χ0) is 29.4. The van der Waals surface area contributed by atoms with Crippen LogP contribution in [0.2, 0.25) is 0 Å². The van der Waals surface area contributed by atoms with E-state index in [1.165, 1.54) is 0 Å². The molecule has 0 heterocycles. The molecule has 212 valence electrons. The van der Waals surface area contributed by atoms with Crippen molar-refractivity contribution in [1.82, 2.24) is 10.2 Å². The van der Waals surface area contributed by atoms with Crippen molar-refractivity contribution >= 4 is 41.4 Å². The highest BCUT2D eigenvalue weighted by Gasteiger charge is 2.42. The molecule has 0 aliphatic carbocycles. The molecule has 8 heteroatoms. The van der Waals surface area contributed by atoms with Gasteiger partial charge >= 0.3 is 6.09 Å². The number of nitrogens with one attached hydrogen (secondary N) is 2. The number of ether oxygens (including phenoxy) is 1. The first-order valence-corrected chi connectivity index (χ1v) is 14.5. The van der Waals surface area contributed by atoms with Gasteiger partial charge in [-0.1, -0.05) is 49.1 Å². The summed E-state index contributed by atoms with van der Waals surface area (Å²) in [7, 11) is 0. The molecular formula is C31H43N3O4S. The highest BCUT2D eigenvalue weighted by Crippen LogP contribution is 2.32. The molecule has 0 saturated heterocycles. The van der Waals surface area contributed by atoms with E-state index < -0.39 is 29.3 Å². The zero-order valence-electron chi connectivity index (χ0n) is 24.5. The number of benzene rings is 2. The number of thioether (sulfide) groups is 1. The number of anilines is 1. The molecule has 2 N–H and O–H groups in total. The third-order valence-electron chi connectivity index (χ3n) is 5.93. The third kappa shape index (κ3) is 9.46. The first kappa shape index (κ1) is 32.0. The number of nitrogens with zero attached hydrogens (tertiary/aromatic N) is 1. The molecule has 7 nitrogen and oxygen atoms in total. The number of hydrogen-bond acceptors (Lipinski definition) is 5. The Morgan fingerprint density at radius 2 is 1.72 bits per heavy atom. The quantitative estimate of drug-likeness (QED) is 0.347. The summed E-state index contributed by atoms with van der Waals surface area (Å²) in [5.74, 6) is -0.0815. The average molecular weight is 554 g/mol. The summed E-state index contributed by atoms with van der Waals surface area (Å²) in [6.07, 6.45) is 3.35. The first-order valence-electron chi connectivity index (χ1n) is 13.1. The van der Waals surface area contributed by atoms with Gasteiger partial charge in [0.05, 0.1) is 0 Å². The second-order valence-electron chi connectivity index (χ2n) is 11.4. The highest BCUT2D eigenvalue weighted by molar-refractivity contribution is 7.98. The van der Waals surface area contributed by atoms with Crippen LogP contribution in [0.5, 0.6) is 0 Å². The van der Waals surface area contributed by atoms with Gasteiger partial charge < -0.3 is 20.3 Å². The lowest BCUT2D eigenvalue weighted by Gasteiger charge is -2.43. The van der Waals surface area contributed by atoms with E-state index in [2.05, 4.69) is 17.2 Å². The molecule has 0 spiro atoms. The van der Waals surface area contributed by atoms with Gasteiger partial charge in [0, 0.05) is 11.2 Å². The zero-order valence-corrected chi connectivity index (χ0v) is 25.3. The molecule has 2 aromatic carbocycles. The van der Waals surface area contributed by atoms with Crippen molar-refractivity contribution < 1.29 is 19.1 Å². The van der Waals surface area contributed by atoms with Crippen molar-refractivity contribution in [1.29, 1.82) is 0 Å². The maximum atomic E-state index is 14.3. The van der Waals surface area contributed by atoms with Gasteiger partial charge in [-0.2, -0.15) is 11.8 Å².